The Labute approximate surface area is 120 Å². The molecule has 3 nitrogen and oxygen atoms in total. The lowest BCUT2D eigenvalue weighted by Gasteiger charge is -1.99. The van der Waals surface area contributed by atoms with Crippen LogP contribution in [0, 0.1) is 5.82 Å². The topological polar surface area (TPSA) is 30.7 Å². The Kier molecular flexibility index (Phi) is 3.92. The van der Waals surface area contributed by atoms with Crippen molar-refractivity contribution >= 4 is 28.8 Å². The molecule has 0 saturated heterocycles. The fourth-order valence-corrected chi connectivity index (χ4v) is 1.89. The van der Waals surface area contributed by atoms with E-state index in [2.05, 4.69) is 10.1 Å². The molecule has 0 radical (unpaired) electrons. The first kappa shape index (κ1) is 14.0. The molecule has 0 N–H and O–H groups in total. The standard InChI is InChI=1S/C13H12Cl2FN3/c1-7(8(2)14)13-17-12(18-19(13)3)10-5-4-9(15)6-11(10)16/h4-6H,1-3H3/b8-7+. The fraction of sp³-hybridized carbons (Fsp3) is 0.231. The number of rotatable bonds is 2. The molecule has 0 aliphatic rings. The third-order valence-corrected chi connectivity index (χ3v) is 3.31. The molecule has 19 heavy (non-hydrogen) atoms. The minimum atomic E-state index is -0.450. The Hall–Kier alpha value is -1.39. The molecule has 1 aromatic carbocycles. The summed E-state index contributed by atoms with van der Waals surface area (Å²) in [6.07, 6.45) is 0. The van der Waals surface area contributed by atoms with E-state index in [1.165, 1.54) is 6.07 Å². The first-order chi connectivity index (χ1) is 8.90. The summed E-state index contributed by atoms with van der Waals surface area (Å²) >= 11 is 11.7. The second-order valence-corrected chi connectivity index (χ2v) is 5.17. The van der Waals surface area contributed by atoms with Crippen molar-refractivity contribution < 1.29 is 4.39 Å². The summed E-state index contributed by atoms with van der Waals surface area (Å²) in [6, 6.07) is 4.40. The molecule has 0 fully saturated rings. The van der Waals surface area contributed by atoms with Crippen LogP contribution >= 0.6 is 23.2 Å². The molecular formula is C13H12Cl2FN3. The lowest BCUT2D eigenvalue weighted by molar-refractivity contribution is 0.629. The van der Waals surface area contributed by atoms with Gasteiger partial charge < -0.3 is 0 Å². The zero-order valence-corrected chi connectivity index (χ0v) is 12.2. The minimum absolute atomic E-state index is 0.309. The third-order valence-electron chi connectivity index (χ3n) is 2.79. The number of allylic oxidation sites excluding steroid dienone is 2. The molecule has 6 heteroatoms. The molecule has 1 heterocycles. The predicted molar refractivity (Wildman–Crippen MR) is 75.5 cm³/mol. The van der Waals surface area contributed by atoms with E-state index in [0.29, 0.717) is 27.3 Å². The second kappa shape index (κ2) is 5.31. The highest BCUT2D eigenvalue weighted by atomic mass is 35.5. The van der Waals surface area contributed by atoms with Crippen molar-refractivity contribution in [2.45, 2.75) is 13.8 Å². The van der Waals surface area contributed by atoms with Gasteiger partial charge in [-0.05, 0) is 32.0 Å². The van der Waals surface area contributed by atoms with E-state index in [1.807, 2.05) is 6.92 Å². The molecule has 0 aliphatic carbocycles. The van der Waals surface area contributed by atoms with Crippen LogP contribution in [0.1, 0.15) is 19.7 Å². The lowest BCUT2D eigenvalue weighted by Crippen LogP contribution is -1.97. The second-order valence-electron chi connectivity index (χ2n) is 4.17. The van der Waals surface area contributed by atoms with Gasteiger partial charge >= 0.3 is 0 Å². The molecule has 0 bridgehead atoms. The molecule has 2 aromatic rings. The van der Waals surface area contributed by atoms with Crippen LogP contribution in [-0.2, 0) is 7.05 Å². The first-order valence-electron chi connectivity index (χ1n) is 5.60. The molecule has 0 amide bonds. The van der Waals surface area contributed by atoms with E-state index in [4.69, 9.17) is 23.2 Å². The number of halogens is 3. The van der Waals surface area contributed by atoms with Crippen LogP contribution in [0.3, 0.4) is 0 Å². The van der Waals surface area contributed by atoms with Gasteiger partial charge in [-0.2, -0.15) is 5.10 Å². The van der Waals surface area contributed by atoms with E-state index in [1.54, 1.807) is 30.8 Å². The van der Waals surface area contributed by atoms with Gasteiger partial charge in [-0.3, -0.25) is 0 Å². The number of hydrogen-bond acceptors (Lipinski definition) is 2. The van der Waals surface area contributed by atoms with E-state index < -0.39 is 5.82 Å². The average molecular weight is 300 g/mol. The van der Waals surface area contributed by atoms with Crippen LogP contribution in [0.2, 0.25) is 5.02 Å². The summed E-state index contributed by atoms with van der Waals surface area (Å²) in [5.41, 5.74) is 1.11. The molecular weight excluding hydrogens is 288 g/mol. The molecule has 0 unspecified atom stereocenters. The zero-order valence-electron chi connectivity index (χ0n) is 10.7. The van der Waals surface area contributed by atoms with Crippen LogP contribution in [0.25, 0.3) is 17.0 Å². The van der Waals surface area contributed by atoms with Gasteiger partial charge in [0, 0.05) is 22.7 Å². The van der Waals surface area contributed by atoms with E-state index in [-0.39, 0.29) is 0 Å². The van der Waals surface area contributed by atoms with Crippen molar-refractivity contribution in [2.24, 2.45) is 7.05 Å². The Balaban J connectivity index is 2.54. The quantitative estimate of drug-likeness (QED) is 0.829. The normalized spacial score (nSPS) is 12.5. The van der Waals surface area contributed by atoms with E-state index in [0.717, 1.165) is 5.57 Å². The molecule has 0 atom stereocenters. The summed E-state index contributed by atoms with van der Waals surface area (Å²) in [6.45, 7) is 3.61. The molecule has 1 aromatic heterocycles. The number of aryl methyl sites for hydroxylation is 1. The molecule has 100 valence electrons. The average Bonchev–Trinajstić information content (AvgIpc) is 2.69. The largest absolute Gasteiger partial charge is 0.249 e. The summed E-state index contributed by atoms with van der Waals surface area (Å²) in [4.78, 5) is 4.32. The van der Waals surface area contributed by atoms with Crippen LogP contribution in [0.15, 0.2) is 23.2 Å². The summed E-state index contributed by atoms with van der Waals surface area (Å²) in [7, 11) is 1.74. The van der Waals surface area contributed by atoms with Crippen LogP contribution < -0.4 is 0 Å². The van der Waals surface area contributed by atoms with Crippen molar-refractivity contribution in [2.75, 3.05) is 0 Å². The highest BCUT2D eigenvalue weighted by molar-refractivity contribution is 6.32. The molecule has 2 rings (SSSR count). The predicted octanol–water partition coefficient (Wildman–Crippen LogP) is 4.26. The van der Waals surface area contributed by atoms with Gasteiger partial charge in [-0.25, -0.2) is 14.1 Å². The van der Waals surface area contributed by atoms with Crippen molar-refractivity contribution in [1.82, 2.24) is 14.8 Å². The summed E-state index contributed by atoms with van der Waals surface area (Å²) < 4.78 is 15.4. The Bertz CT molecular complexity index is 658. The molecule has 0 spiro atoms. The first-order valence-corrected chi connectivity index (χ1v) is 6.35. The van der Waals surface area contributed by atoms with Gasteiger partial charge in [0.15, 0.2) is 11.6 Å². The van der Waals surface area contributed by atoms with Crippen LogP contribution in [0.4, 0.5) is 4.39 Å². The Morgan fingerprint density at radius 1 is 1.32 bits per heavy atom. The number of hydrogen-bond donors (Lipinski definition) is 0. The van der Waals surface area contributed by atoms with E-state index in [9.17, 15) is 4.39 Å². The maximum absolute atomic E-state index is 13.8. The maximum Gasteiger partial charge on any atom is 0.184 e. The van der Waals surface area contributed by atoms with Crippen molar-refractivity contribution in [3.63, 3.8) is 0 Å². The monoisotopic (exact) mass is 299 g/mol. The number of benzene rings is 1. The highest BCUT2D eigenvalue weighted by Gasteiger charge is 2.15. The minimum Gasteiger partial charge on any atom is -0.249 e. The Morgan fingerprint density at radius 2 is 2.00 bits per heavy atom. The lowest BCUT2D eigenvalue weighted by atomic mass is 10.2. The smallest absolute Gasteiger partial charge is 0.184 e. The third kappa shape index (κ3) is 2.80. The van der Waals surface area contributed by atoms with Gasteiger partial charge in [0.05, 0.1) is 5.56 Å². The zero-order chi connectivity index (χ0) is 14.2. The van der Waals surface area contributed by atoms with Gasteiger partial charge in [0.2, 0.25) is 0 Å². The summed E-state index contributed by atoms with van der Waals surface area (Å²) in [5.74, 6) is 0.467. The SMILES string of the molecule is C/C(Cl)=C(/C)c1nc(-c2ccc(Cl)cc2F)nn1C. The van der Waals surface area contributed by atoms with Gasteiger partial charge in [-0.15, -0.1) is 0 Å². The maximum atomic E-state index is 13.8. The van der Waals surface area contributed by atoms with Crippen molar-refractivity contribution in [1.29, 1.82) is 0 Å². The van der Waals surface area contributed by atoms with Crippen molar-refractivity contribution in [3.8, 4) is 11.4 Å². The number of aromatic nitrogens is 3. The fourth-order valence-electron chi connectivity index (χ4n) is 1.65. The van der Waals surface area contributed by atoms with Crippen molar-refractivity contribution in [3.05, 3.63) is 39.9 Å². The Morgan fingerprint density at radius 3 is 2.58 bits per heavy atom. The highest BCUT2D eigenvalue weighted by Crippen LogP contribution is 2.25. The number of nitrogens with zero attached hydrogens (tertiary/aromatic N) is 3. The van der Waals surface area contributed by atoms with Gasteiger partial charge in [-0.1, -0.05) is 23.2 Å². The van der Waals surface area contributed by atoms with E-state index >= 15 is 0 Å². The summed E-state index contributed by atoms with van der Waals surface area (Å²) in [5, 5.41) is 5.17. The van der Waals surface area contributed by atoms with Crippen LogP contribution in [0.5, 0.6) is 0 Å². The molecule has 0 saturated carbocycles. The van der Waals surface area contributed by atoms with Gasteiger partial charge in [0.1, 0.15) is 5.82 Å². The van der Waals surface area contributed by atoms with Gasteiger partial charge in [0.25, 0.3) is 0 Å². The van der Waals surface area contributed by atoms with Crippen LogP contribution in [-0.4, -0.2) is 14.8 Å². The molecule has 0 aliphatic heterocycles.